The Morgan fingerprint density at radius 1 is 1.36 bits per heavy atom. The highest BCUT2D eigenvalue weighted by Crippen LogP contribution is 2.30. The summed E-state index contributed by atoms with van der Waals surface area (Å²) in [6, 6.07) is 9.19. The van der Waals surface area contributed by atoms with Gasteiger partial charge >= 0.3 is 0 Å². The first-order valence-electron chi connectivity index (χ1n) is 7.80. The number of furan rings is 1. The van der Waals surface area contributed by atoms with Gasteiger partial charge in [-0.05, 0) is 42.9 Å². The Hall–Kier alpha value is -2.87. The lowest BCUT2D eigenvalue weighted by Crippen LogP contribution is -2.02. The molecule has 0 atom stereocenters. The number of rotatable bonds is 7. The Morgan fingerprint density at radius 3 is 2.96 bits per heavy atom. The van der Waals surface area contributed by atoms with Crippen LogP contribution in [0.3, 0.4) is 0 Å². The first-order chi connectivity index (χ1) is 12.2. The Balaban J connectivity index is 1.98. The molecular weight excluding hydrogens is 340 g/mol. The van der Waals surface area contributed by atoms with Crippen molar-refractivity contribution in [2.75, 3.05) is 13.7 Å². The first kappa shape index (κ1) is 17.0. The highest BCUT2D eigenvalue weighted by molar-refractivity contribution is 7.71. The van der Waals surface area contributed by atoms with Gasteiger partial charge in [0.2, 0.25) is 10.6 Å². The number of hydrogen-bond donors (Lipinski definition) is 1. The Bertz CT molecular complexity index is 912. The summed E-state index contributed by atoms with van der Waals surface area (Å²) in [4.78, 5) is 0. The number of aromatic nitrogens is 3. The van der Waals surface area contributed by atoms with Crippen LogP contribution < -0.4 is 9.47 Å². The lowest BCUT2D eigenvalue weighted by Gasteiger charge is -2.12. The maximum absolute atomic E-state index is 5.82. The molecule has 0 aliphatic carbocycles. The standard InChI is InChI=1S/C17H18N4O3S/c1-3-9-24-15-12(6-4-7-13(15)22-2)11-18-21-16(19-20-17(21)25)14-8-5-10-23-14/h4-8,10-11H,3,9H2,1-2H3,(H,20,25)/b18-11-. The molecule has 2 aromatic heterocycles. The van der Waals surface area contributed by atoms with Crippen LogP contribution in [-0.2, 0) is 0 Å². The Labute approximate surface area is 149 Å². The van der Waals surface area contributed by atoms with E-state index in [1.54, 1.807) is 31.7 Å². The zero-order chi connectivity index (χ0) is 17.6. The smallest absolute Gasteiger partial charge is 0.219 e. The zero-order valence-corrected chi connectivity index (χ0v) is 14.7. The molecule has 130 valence electrons. The van der Waals surface area contributed by atoms with Crippen molar-refractivity contribution in [3.8, 4) is 23.1 Å². The van der Waals surface area contributed by atoms with Crippen LogP contribution in [0.4, 0.5) is 0 Å². The third-order valence-corrected chi connectivity index (χ3v) is 3.65. The molecule has 0 unspecified atom stereocenters. The molecule has 3 rings (SSSR count). The van der Waals surface area contributed by atoms with Crippen molar-refractivity contribution in [2.45, 2.75) is 13.3 Å². The first-order valence-corrected chi connectivity index (χ1v) is 8.21. The Kier molecular flexibility index (Phi) is 5.30. The van der Waals surface area contributed by atoms with Crippen LogP contribution in [0.25, 0.3) is 11.6 Å². The molecule has 1 N–H and O–H groups in total. The van der Waals surface area contributed by atoms with E-state index in [-0.39, 0.29) is 0 Å². The molecule has 0 aliphatic heterocycles. The summed E-state index contributed by atoms with van der Waals surface area (Å²) < 4.78 is 18.4. The van der Waals surface area contributed by atoms with Crippen LogP contribution in [0.1, 0.15) is 18.9 Å². The van der Waals surface area contributed by atoms with E-state index >= 15 is 0 Å². The average molecular weight is 358 g/mol. The van der Waals surface area contributed by atoms with Crippen molar-refractivity contribution < 1.29 is 13.9 Å². The normalized spacial score (nSPS) is 11.1. The van der Waals surface area contributed by atoms with Gasteiger partial charge in [0, 0.05) is 5.56 Å². The van der Waals surface area contributed by atoms with E-state index in [0.717, 1.165) is 12.0 Å². The number of aromatic amines is 1. The molecule has 0 radical (unpaired) electrons. The summed E-state index contributed by atoms with van der Waals surface area (Å²) in [5.41, 5.74) is 0.779. The van der Waals surface area contributed by atoms with Crippen molar-refractivity contribution in [3.63, 3.8) is 0 Å². The summed E-state index contributed by atoms with van der Waals surface area (Å²) in [6.45, 7) is 2.63. The maximum atomic E-state index is 5.82. The van der Waals surface area contributed by atoms with Crippen molar-refractivity contribution in [1.29, 1.82) is 0 Å². The quantitative estimate of drug-likeness (QED) is 0.512. The lowest BCUT2D eigenvalue weighted by atomic mass is 10.2. The van der Waals surface area contributed by atoms with Crippen molar-refractivity contribution >= 4 is 18.4 Å². The monoisotopic (exact) mass is 358 g/mol. The number of H-pyrrole nitrogens is 1. The molecule has 7 nitrogen and oxygen atoms in total. The number of ether oxygens (including phenoxy) is 2. The van der Waals surface area contributed by atoms with Gasteiger partial charge in [0.1, 0.15) is 0 Å². The van der Waals surface area contributed by atoms with Crippen LogP contribution in [0.5, 0.6) is 11.5 Å². The summed E-state index contributed by atoms with van der Waals surface area (Å²) in [5, 5.41) is 11.3. The summed E-state index contributed by atoms with van der Waals surface area (Å²) in [5.74, 6) is 2.35. The minimum absolute atomic E-state index is 0.363. The van der Waals surface area contributed by atoms with Gasteiger partial charge in [0.15, 0.2) is 17.3 Å². The second-order valence-corrected chi connectivity index (χ2v) is 5.50. The molecule has 1 aromatic carbocycles. The van der Waals surface area contributed by atoms with E-state index in [4.69, 9.17) is 26.1 Å². The summed E-state index contributed by atoms with van der Waals surface area (Å²) in [6.07, 6.45) is 4.12. The highest BCUT2D eigenvalue weighted by atomic mass is 32.1. The SMILES string of the molecule is CCCOc1c(/C=N\n2c(-c3ccco3)n[nH]c2=S)cccc1OC. The molecule has 25 heavy (non-hydrogen) atoms. The fourth-order valence-corrected chi connectivity index (χ4v) is 2.42. The number of nitrogens with zero attached hydrogens (tertiary/aromatic N) is 3. The van der Waals surface area contributed by atoms with Gasteiger partial charge in [-0.3, -0.25) is 0 Å². The largest absolute Gasteiger partial charge is 0.493 e. The second-order valence-electron chi connectivity index (χ2n) is 5.11. The lowest BCUT2D eigenvalue weighted by molar-refractivity contribution is 0.294. The van der Waals surface area contributed by atoms with Crippen molar-refractivity contribution in [1.82, 2.24) is 14.9 Å². The number of nitrogens with one attached hydrogen (secondary N) is 1. The van der Waals surface area contributed by atoms with E-state index in [2.05, 4.69) is 15.3 Å². The molecule has 3 aromatic rings. The van der Waals surface area contributed by atoms with Gasteiger partial charge < -0.3 is 13.9 Å². The fraction of sp³-hybridized carbons (Fsp3) is 0.235. The van der Waals surface area contributed by atoms with Gasteiger partial charge in [-0.25, -0.2) is 5.10 Å². The molecule has 0 aliphatic rings. The van der Waals surface area contributed by atoms with Crippen LogP contribution >= 0.6 is 12.2 Å². The van der Waals surface area contributed by atoms with Gasteiger partial charge in [0.05, 0.1) is 26.2 Å². The molecule has 8 heteroatoms. The van der Waals surface area contributed by atoms with Gasteiger partial charge in [0.25, 0.3) is 0 Å². The van der Waals surface area contributed by atoms with Gasteiger partial charge in [-0.15, -0.1) is 5.10 Å². The van der Waals surface area contributed by atoms with E-state index in [0.29, 0.717) is 34.5 Å². The fourth-order valence-electron chi connectivity index (χ4n) is 2.24. The van der Waals surface area contributed by atoms with Crippen LogP contribution in [-0.4, -0.2) is 34.8 Å². The van der Waals surface area contributed by atoms with E-state index in [1.165, 1.54) is 4.68 Å². The molecule has 0 saturated heterocycles. The van der Waals surface area contributed by atoms with Crippen molar-refractivity contribution in [3.05, 3.63) is 46.9 Å². The average Bonchev–Trinajstić information content (AvgIpc) is 3.28. The molecular formula is C17H18N4O3S. The number of hydrogen-bond acceptors (Lipinski definition) is 6. The molecule has 0 spiro atoms. The van der Waals surface area contributed by atoms with E-state index < -0.39 is 0 Å². The molecule has 0 fully saturated rings. The summed E-state index contributed by atoms with van der Waals surface area (Å²) >= 11 is 5.25. The highest BCUT2D eigenvalue weighted by Gasteiger charge is 2.12. The third-order valence-electron chi connectivity index (χ3n) is 3.38. The van der Waals surface area contributed by atoms with Crippen LogP contribution in [0.2, 0.25) is 0 Å². The summed E-state index contributed by atoms with van der Waals surface area (Å²) in [7, 11) is 1.61. The van der Waals surface area contributed by atoms with E-state index in [9.17, 15) is 0 Å². The molecule has 0 bridgehead atoms. The zero-order valence-electron chi connectivity index (χ0n) is 13.9. The molecule has 0 saturated carbocycles. The number of para-hydroxylation sites is 1. The minimum Gasteiger partial charge on any atom is -0.493 e. The minimum atomic E-state index is 0.363. The molecule has 2 heterocycles. The molecule has 0 amide bonds. The van der Waals surface area contributed by atoms with Gasteiger partial charge in [-0.2, -0.15) is 9.78 Å². The second kappa shape index (κ2) is 7.80. The number of benzene rings is 1. The van der Waals surface area contributed by atoms with E-state index in [1.807, 2.05) is 25.1 Å². The predicted molar refractivity (Wildman–Crippen MR) is 96.9 cm³/mol. The Morgan fingerprint density at radius 2 is 2.24 bits per heavy atom. The number of methoxy groups -OCH3 is 1. The third kappa shape index (κ3) is 3.63. The van der Waals surface area contributed by atoms with Crippen LogP contribution in [0.15, 0.2) is 46.1 Å². The predicted octanol–water partition coefficient (Wildman–Crippen LogP) is 3.88. The van der Waals surface area contributed by atoms with Gasteiger partial charge in [-0.1, -0.05) is 13.0 Å². The van der Waals surface area contributed by atoms with Crippen LogP contribution in [0, 0.1) is 4.77 Å². The maximum Gasteiger partial charge on any atom is 0.219 e. The topological polar surface area (TPSA) is 77.6 Å². The van der Waals surface area contributed by atoms with Crippen molar-refractivity contribution in [2.24, 2.45) is 5.10 Å².